The van der Waals surface area contributed by atoms with E-state index in [2.05, 4.69) is 10.6 Å². The summed E-state index contributed by atoms with van der Waals surface area (Å²) in [7, 11) is -4.06. The summed E-state index contributed by atoms with van der Waals surface area (Å²) >= 11 is 0. The number of fused-ring (bicyclic) bond motifs is 3. The number of carboxylic acids is 1. The topological polar surface area (TPSA) is 148 Å². The number of hydrogen-bond donors (Lipinski definition) is 3. The molecule has 4 rings (SSSR count). The van der Waals surface area contributed by atoms with Gasteiger partial charge in [-0.05, 0) is 65.8 Å². The molecule has 3 N–H and O–H groups in total. The van der Waals surface area contributed by atoms with Crippen LogP contribution in [-0.4, -0.2) is 63.2 Å². The van der Waals surface area contributed by atoms with E-state index in [0.717, 1.165) is 34.4 Å². The summed E-state index contributed by atoms with van der Waals surface area (Å²) in [6.45, 7) is -0.292. The van der Waals surface area contributed by atoms with E-state index in [1.54, 1.807) is 0 Å². The number of rotatable bonds is 13. The second kappa shape index (κ2) is 14.5. The first kappa shape index (κ1) is 33.3. The largest absolute Gasteiger partial charge is 0.480 e. The number of aliphatic carboxylic acids is 1. The van der Waals surface area contributed by atoms with E-state index in [1.807, 2.05) is 48.5 Å². The van der Waals surface area contributed by atoms with Crippen molar-refractivity contribution in [2.24, 2.45) is 0 Å². The first-order chi connectivity index (χ1) is 21.4. The van der Waals surface area contributed by atoms with Gasteiger partial charge in [0.05, 0.1) is 16.2 Å². The molecule has 2 amide bonds. The number of ether oxygens (including phenoxy) is 2. The Balaban J connectivity index is 1.14. The quantitative estimate of drug-likeness (QED) is 0.210. The molecule has 45 heavy (non-hydrogen) atoms. The van der Waals surface area contributed by atoms with Crippen molar-refractivity contribution in [3.05, 3.63) is 89.5 Å². The number of carboxylic acid groups (broad SMARTS) is 1. The molecule has 1 aliphatic carbocycles. The van der Waals surface area contributed by atoms with E-state index in [-0.39, 0.29) is 30.4 Å². The van der Waals surface area contributed by atoms with Crippen LogP contribution in [-0.2, 0) is 30.3 Å². The number of benzene rings is 3. The Morgan fingerprint density at radius 2 is 1.44 bits per heavy atom. The summed E-state index contributed by atoms with van der Waals surface area (Å²) in [6.07, 6.45) is -5.70. The highest BCUT2D eigenvalue weighted by Crippen LogP contribution is 2.44. The summed E-state index contributed by atoms with van der Waals surface area (Å²) < 4.78 is 73.0. The molecule has 14 heteroatoms. The van der Waals surface area contributed by atoms with E-state index in [1.165, 1.54) is 0 Å². The van der Waals surface area contributed by atoms with Gasteiger partial charge in [-0.2, -0.15) is 13.2 Å². The molecule has 0 aliphatic heterocycles. The second-order valence-electron chi connectivity index (χ2n) is 10.3. The minimum atomic E-state index is -4.62. The third-order valence-electron chi connectivity index (χ3n) is 7.25. The maximum Gasteiger partial charge on any atom is 0.416 e. The Hall–Kier alpha value is -4.59. The van der Waals surface area contributed by atoms with Gasteiger partial charge < -0.3 is 25.2 Å². The minimum absolute atomic E-state index is 0.000651. The zero-order valence-electron chi connectivity index (χ0n) is 23.9. The molecule has 0 saturated heterocycles. The monoisotopic (exact) mass is 648 g/mol. The van der Waals surface area contributed by atoms with Gasteiger partial charge in [0.25, 0.3) is 0 Å². The average Bonchev–Trinajstić information content (AvgIpc) is 3.32. The van der Waals surface area contributed by atoms with E-state index in [0.29, 0.717) is 25.0 Å². The predicted molar refractivity (Wildman–Crippen MR) is 156 cm³/mol. The van der Waals surface area contributed by atoms with Gasteiger partial charge in [-0.1, -0.05) is 48.5 Å². The average molecular weight is 649 g/mol. The third-order valence-corrected chi connectivity index (χ3v) is 8.94. The molecule has 0 unspecified atom stereocenters. The molecule has 0 bridgehead atoms. The van der Waals surface area contributed by atoms with Crippen LogP contribution in [0.2, 0.25) is 0 Å². The lowest BCUT2D eigenvalue weighted by Crippen LogP contribution is -2.41. The van der Waals surface area contributed by atoms with Crippen molar-refractivity contribution in [3.8, 4) is 11.1 Å². The molecule has 0 heterocycles. The molecule has 0 fully saturated rings. The Bertz CT molecular complexity index is 1580. The van der Waals surface area contributed by atoms with Crippen molar-refractivity contribution in [1.29, 1.82) is 0 Å². The van der Waals surface area contributed by atoms with Gasteiger partial charge >= 0.3 is 24.3 Å². The van der Waals surface area contributed by atoms with Crippen molar-refractivity contribution >= 4 is 28.0 Å². The zero-order valence-corrected chi connectivity index (χ0v) is 24.7. The van der Waals surface area contributed by atoms with Gasteiger partial charge in [-0.3, -0.25) is 0 Å². The lowest BCUT2D eigenvalue weighted by molar-refractivity contribution is -0.139. The van der Waals surface area contributed by atoms with E-state index < -0.39 is 58.1 Å². The highest BCUT2D eigenvalue weighted by Gasteiger charge is 2.31. The normalized spacial score (nSPS) is 13.3. The number of amides is 2. The number of hydrogen-bond acceptors (Lipinski definition) is 7. The van der Waals surface area contributed by atoms with Crippen LogP contribution in [0.3, 0.4) is 0 Å². The molecule has 3 aromatic carbocycles. The van der Waals surface area contributed by atoms with Crippen LogP contribution in [0, 0.1) is 0 Å². The van der Waals surface area contributed by atoms with Crippen molar-refractivity contribution < 1.29 is 50.6 Å². The van der Waals surface area contributed by atoms with Crippen molar-refractivity contribution in [2.75, 3.05) is 25.5 Å². The Labute approximate surface area is 257 Å². The van der Waals surface area contributed by atoms with Crippen molar-refractivity contribution in [3.63, 3.8) is 0 Å². The van der Waals surface area contributed by atoms with Gasteiger partial charge in [0.2, 0.25) is 0 Å². The first-order valence-electron chi connectivity index (χ1n) is 14.0. The van der Waals surface area contributed by atoms with Gasteiger partial charge in [-0.25, -0.2) is 22.8 Å². The smallest absolute Gasteiger partial charge is 0.416 e. The van der Waals surface area contributed by atoms with E-state index in [4.69, 9.17) is 9.47 Å². The third kappa shape index (κ3) is 8.75. The number of alkyl carbamates (subject to hydrolysis) is 2. The zero-order chi connectivity index (χ0) is 32.6. The van der Waals surface area contributed by atoms with Crippen LogP contribution in [0.1, 0.15) is 41.9 Å². The maximum absolute atomic E-state index is 12.7. The molecule has 0 radical (unpaired) electrons. The maximum atomic E-state index is 12.7. The Morgan fingerprint density at radius 3 is 2.02 bits per heavy atom. The minimum Gasteiger partial charge on any atom is -0.480 e. The summed E-state index contributed by atoms with van der Waals surface area (Å²) in [6, 6.07) is 17.4. The van der Waals surface area contributed by atoms with Crippen LogP contribution in [0.25, 0.3) is 11.1 Å². The number of unbranched alkanes of at least 4 members (excludes halogenated alkanes) is 1. The second-order valence-corrected chi connectivity index (χ2v) is 12.4. The number of sulfone groups is 1. The SMILES string of the molecule is O=C(NCCCC[C@H](NC(=O)OCCS(=O)(=O)c1ccc(C(F)(F)F)cc1)C(=O)O)OCC1c2ccccc2-c2ccccc21. The molecular formula is C31H31F3N2O8S. The van der Waals surface area contributed by atoms with Crippen LogP contribution in [0.15, 0.2) is 77.7 Å². The molecule has 1 atom stereocenters. The molecule has 1 aliphatic rings. The standard InChI is InChI=1S/C31H31F3N2O8S/c32-31(33,34)20-12-14-21(15-13-20)45(41,42)18-17-43-30(40)36-27(28(37)38)11-5-6-16-35-29(39)44-19-26-24-9-3-1-7-22(24)23-8-2-4-10-25(23)26/h1-4,7-10,12-15,26-27H,5-6,11,16-19H2,(H,35,39)(H,36,40)(H,37,38)/t27-/m0/s1. The number of carbonyl (C=O) groups is 3. The predicted octanol–water partition coefficient (Wildman–Crippen LogP) is 5.37. The molecular weight excluding hydrogens is 617 g/mol. The summed E-state index contributed by atoms with van der Waals surface area (Å²) in [5.41, 5.74) is 3.37. The number of halogens is 3. The number of alkyl halides is 3. The van der Waals surface area contributed by atoms with Gasteiger partial charge in [0, 0.05) is 12.5 Å². The van der Waals surface area contributed by atoms with Gasteiger partial charge in [-0.15, -0.1) is 0 Å². The number of carbonyl (C=O) groups excluding carboxylic acids is 2. The van der Waals surface area contributed by atoms with Gasteiger partial charge in [0.1, 0.15) is 19.3 Å². The molecule has 0 spiro atoms. The molecule has 0 aromatic heterocycles. The summed E-state index contributed by atoms with van der Waals surface area (Å²) in [5.74, 6) is -2.14. The van der Waals surface area contributed by atoms with E-state index in [9.17, 15) is 41.1 Å². The first-order valence-corrected chi connectivity index (χ1v) is 15.7. The summed E-state index contributed by atoms with van der Waals surface area (Å²) in [5, 5.41) is 14.2. The van der Waals surface area contributed by atoms with Crippen LogP contribution in [0.4, 0.5) is 22.8 Å². The van der Waals surface area contributed by atoms with Crippen LogP contribution >= 0.6 is 0 Å². The molecule has 10 nitrogen and oxygen atoms in total. The Kier molecular flexibility index (Phi) is 10.7. The molecule has 240 valence electrons. The lowest BCUT2D eigenvalue weighted by atomic mass is 9.98. The molecule has 0 saturated carbocycles. The van der Waals surface area contributed by atoms with Crippen LogP contribution in [0.5, 0.6) is 0 Å². The van der Waals surface area contributed by atoms with Crippen molar-refractivity contribution in [2.45, 2.75) is 42.3 Å². The van der Waals surface area contributed by atoms with Crippen LogP contribution < -0.4 is 10.6 Å². The summed E-state index contributed by atoms with van der Waals surface area (Å²) in [4.78, 5) is 35.6. The molecule has 3 aromatic rings. The lowest BCUT2D eigenvalue weighted by Gasteiger charge is -2.15. The van der Waals surface area contributed by atoms with Gasteiger partial charge in [0.15, 0.2) is 9.84 Å². The highest BCUT2D eigenvalue weighted by atomic mass is 32.2. The highest BCUT2D eigenvalue weighted by molar-refractivity contribution is 7.91. The van der Waals surface area contributed by atoms with Crippen molar-refractivity contribution in [1.82, 2.24) is 10.6 Å². The fourth-order valence-corrected chi connectivity index (χ4v) is 6.06. The fourth-order valence-electron chi connectivity index (χ4n) is 4.97. The fraction of sp³-hybridized carbons (Fsp3) is 0.323. The number of nitrogens with one attached hydrogen (secondary N) is 2. The Morgan fingerprint density at radius 1 is 0.844 bits per heavy atom. The van der Waals surface area contributed by atoms with E-state index >= 15 is 0 Å².